The molecule has 0 aromatic carbocycles. The SMILES string of the molecule is Cn1cc[n+](C)c1.FC(F)(F)C(F)(F)OPOC(F)(F)C(F)(F)F. The number of aromatic nitrogens is 2. The van der Waals surface area contributed by atoms with E-state index in [2.05, 4.69) is 9.05 Å². The van der Waals surface area contributed by atoms with Gasteiger partial charge in [-0.05, 0) is 0 Å². The Morgan fingerprint density at radius 2 is 1.21 bits per heavy atom. The molecule has 15 heteroatoms. The molecule has 0 atom stereocenters. The van der Waals surface area contributed by atoms with Crippen LogP contribution in [-0.4, -0.2) is 29.1 Å². The van der Waals surface area contributed by atoms with Gasteiger partial charge in [0.1, 0.15) is 12.4 Å². The van der Waals surface area contributed by atoms with Gasteiger partial charge in [0, 0.05) is 0 Å². The van der Waals surface area contributed by atoms with E-state index >= 15 is 0 Å². The second-order valence-electron chi connectivity index (χ2n) is 4.06. The summed E-state index contributed by atoms with van der Waals surface area (Å²) in [5.74, 6) is 0. The molecule has 0 aliphatic heterocycles. The highest BCUT2D eigenvalue weighted by atomic mass is 31.1. The molecule has 1 rings (SSSR count). The zero-order valence-corrected chi connectivity index (χ0v) is 12.7. The highest BCUT2D eigenvalue weighted by molar-refractivity contribution is 7.26. The van der Waals surface area contributed by atoms with Gasteiger partial charge in [-0.15, -0.1) is 0 Å². The van der Waals surface area contributed by atoms with E-state index in [1.807, 2.05) is 42.0 Å². The summed E-state index contributed by atoms with van der Waals surface area (Å²) in [6.07, 6.45) is -18.3. The molecule has 0 aliphatic carbocycles. The third-order valence-electron chi connectivity index (χ3n) is 1.90. The number of halogens is 10. The van der Waals surface area contributed by atoms with Gasteiger partial charge in [0.05, 0.1) is 14.1 Å². The molecule has 1 aromatic rings. The predicted molar refractivity (Wildman–Crippen MR) is 59.1 cm³/mol. The van der Waals surface area contributed by atoms with Crippen molar-refractivity contribution in [2.75, 3.05) is 0 Å². The van der Waals surface area contributed by atoms with E-state index < -0.39 is 33.6 Å². The van der Waals surface area contributed by atoms with Crippen LogP contribution in [0.5, 0.6) is 0 Å². The Hall–Kier alpha value is -1.14. The quantitative estimate of drug-likeness (QED) is 0.439. The molecule has 0 spiro atoms. The summed E-state index contributed by atoms with van der Waals surface area (Å²) in [4.78, 5) is 0. The maximum Gasteiger partial charge on any atom is 0.483 e. The third-order valence-corrected chi connectivity index (χ3v) is 2.58. The summed E-state index contributed by atoms with van der Waals surface area (Å²) in [6.45, 7) is 0. The second kappa shape index (κ2) is 7.83. The number of aryl methyl sites for hydroxylation is 2. The molecule has 0 unspecified atom stereocenters. The third kappa shape index (κ3) is 7.18. The number of hydrogen-bond acceptors (Lipinski definition) is 2. The normalized spacial score (nSPS) is 13.5. The van der Waals surface area contributed by atoms with Crippen molar-refractivity contribution in [1.82, 2.24) is 4.57 Å². The zero-order chi connectivity index (χ0) is 19.4. The van der Waals surface area contributed by atoms with Crippen LogP contribution < -0.4 is 4.57 Å². The minimum atomic E-state index is -6.25. The van der Waals surface area contributed by atoms with Gasteiger partial charge in [0.25, 0.3) is 0 Å². The van der Waals surface area contributed by atoms with Crippen LogP contribution in [-0.2, 0) is 23.1 Å². The van der Waals surface area contributed by atoms with Crippen LogP contribution >= 0.6 is 9.03 Å². The fourth-order valence-corrected chi connectivity index (χ4v) is 1.30. The molecular weight excluding hydrogens is 389 g/mol. The highest BCUT2D eigenvalue weighted by Crippen LogP contribution is 2.46. The Balaban J connectivity index is 0.000000620. The van der Waals surface area contributed by atoms with Crippen molar-refractivity contribution in [3.8, 4) is 0 Å². The van der Waals surface area contributed by atoms with Gasteiger partial charge < -0.3 is 0 Å². The summed E-state index contributed by atoms with van der Waals surface area (Å²) in [7, 11) is 1.14. The monoisotopic (exact) mass is 399 g/mol. The molecule has 0 saturated heterocycles. The van der Waals surface area contributed by atoms with E-state index in [-0.39, 0.29) is 0 Å². The van der Waals surface area contributed by atoms with Gasteiger partial charge in [0.15, 0.2) is 9.03 Å². The fourth-order valence-electron chi connectivity index (χ4n) is 0.816. The van der Waals surface area contributed by atoms with E-state index in [1.54, 1.807) is 0 Å². The van der Waals surface area contributed by atoms with Crippen LogP contribution in [0.25, 0.3) is 0 Å². The van der Waals surface area contributed by atoms with E-state index in [1.165, 1.54) is 0 Å². The van der Waals surface area contributed by atoms with E-state index in [0.29, 0.717) is 0 Å². The van der Waals surface area contributed by atoms with Crippen molar-refractivity contribution in [1.29, 1.82) is 0 Å². The Kier molecular flexibility index (Phi) is 7.46. The summed E-state index contributed by atoms with van der Waals surface area (Å²) in [5, 5.41) is 0. The summed E-state index contributed by atoms with van der Waals surface area (Å²) >= 11 is 0. The van der Waals surface area contributed by atoms with E-state index in [9.17, 15) is 43.9 Å². The van der Waals surface area contributed by atoms with Crippen molar-refractivity contribution < 1.29 is 57.5 Å². The van der Waals surface area contributed by atoms with Crippen LogP contribution in [0.1, 0.15) is 0 Å². The average molecular weight is 399 g/mol. The van der Waals surface area contributed by atoms with Crippen molar-refractivity contribution in [2.24, 2.45) is 14.1 Å². The number of alkyl halides is 10. The first-order valence-electron chi connectivity index (χ1n) is 5.47. The Morgan fingerprint density at radius 1 is 0.833 bits per heavy atom. The van der Waals surface area contributed by atoms with Crippen molar-refractivity contribution in [2.45, 2.75) is 24.6 Å². The second-order valence-corrected chi connectivity index (χ2v) is 4.64. The lowest BCUT2D eigenvalue weighted by Gasteiger charge is -2.22. The lowest BCUT2D eigenvalue weighted by molar-refractivity contribution is -0.670. The highest BCUT2D eigenvalue weighted by Gasteiger charge is 2.62. The molecule has 0 radical (unpaired) electrons. The lowest BCUT2D eigenvalue weighted by Crippen LogP contribution is -2.39. The first-order chi connectivity index (χ1) is 10.5. The van der Waals surface area contributed by atoms with Crippen LogP contribution in [0.15, 0.2) is 18.7 Å². The predicted octanol–water partition coefficient (Wildman–Crippen LogP) is 3.69. The largest absolute Gasteiger partial charge is 0.483 e. The van der Waals surface area contributed by atoms with Crippen molar-refractivity contribution >= 4 is 9.03 Å². The van der Waals surface area contributed by atoms with Gasteiger partial charge in [0.2, 0.25) is 6.33 Å². The molecule has 0 bridgehead atoms. The molecule has 0 aliphatic rings. The van der Waals surface area contributed by atoms with Gasteiger partial charge in [-0.1, -0.05) is 0 Å². The van der Waals surface area contributed by atoms with Crippen LogP contribution in [0.3, 0.4) is 0 Å². The Labute approximate surface area is 129 Å². The maximum absolute atomic E-state index is 11.9. The first-order valence-corrected chi connectivity index (χ1v) is 6.28. The molecule has 1 aromatic heterocycles. The number of rotatable bonds is 4. The molecule has 0 amide bonds. The number of imidazole rings is 1. The van der Waals surface area contributed by atoms with Crippen LogP contribution in [0, 0.1) is 0 Å². The lowest BCUT2D eigenvalue weighted by atomic mass is 10.6. The maximum atomic E-state index is 11.9. The molecule has 0 fully saturated rings. The fraction of sp³-hybridized carbons (Fsp3) is 0.667. The Bertz CT molecular complexity index is 471. The van der Waals surface area contributed by atoms with Crippen molar-refractivity contribution in [3.05, 3.63) is 18.7 Å². The molecule has 1 heterocycles. The van der Waals surface area contributed by atoms with Gasteiger partial charge in [-0.3, -0.25) is 9.05 Å². The van der Waals surface area contributed by atoms with Gasteiger partial charge >= 0.3 is 24.6 Å². The minimum Gasteiger partial charge on any atom is -0.265 e. The van der Waals surface area contributed by atoms with E-state index in [4.69, 9.17) is 0 Å². The summed E-state index contributed by atoms with van der Waals surface area (Å²) < 4.78 is 125. The smallest absolute Gasteiger partial charge is 0.265 e. The van der Waals surface area contributed by atoms with Gasteiger partial charge in [-0.2, -0.15) is 43.9 Å². The zero-order valence-electron chi connectivity index (χ0n) is 11.7. The van der Waals surface area contributed by atoms with Crippen molar-refractivity contribution in [3.63, 3.8) is 0 Å². The molecule has 24 heavy (non-hydrogen) atoms. The molecule has 4 nitrogen and oxygen atoms in total. The first kappa shape index (κ1) is 22.9. The topological polar surface area (TPSA) is 27.3 Å². The van der Waals surface area contributed by atoms with Crippen LogP contribution in [0.2, 0.25) is 0 Å². The van der Waals surface area contributed by atoms with E-state index in [0.717, 1.165) is 0 Å². The number of nitrogens with zero attached hydrogens (tertiary/aromatic N) is 2. The Morgan fingerprint density at radius 3 is 1.38 bits per heavy atom. The minimum absolute atomic E-state index is 2.00. The molecule has 0 saturated carbocycles. The van der Waals surface area contributed by atoms with Gasteiger partial charge in [-0.25, -0.2) is 9.13 Å². The average Bonchev–Trinajstić information content (AvgIpc) is 2.70. The standard InChI is InChI=1S/C5H9N2.C4HF10O2P/c1-6-3-4-7(2)5-6;5-1(6,7)3(11,12)15-17-16-4(13,14)2(8,9)10/h3-5H,1-2H3;17H/q+1;. The summed E-state index contributed by atoms with van der Waals surface area (Å²) in [5.41, 5.74) is 0. The molecule has 0 N–H and O–H groups in total. The molecule has 142 valence electrons. The van der Waals surface area contributed by atoms with Crippen LogP contribution in [0.4, 0.5) is 43.9 Å². The molecular formula is C9H10F10N2O2P+. The summed E-state index contributed by atoms with van der Waals surface area (Å²) in [6, 6.07) is 0. The number of hydrogen-bond donors (Lipinski definition) is 0.